The maximum Gasteiger partial charge on any atom is 0.213 e. The first-order chi connectivity index (χ1) is 17.8. The number of hydrogen-bond donors (Lipinski definition) is 2. The van der Waals surface area contributed by atoms with E-state index in [1.165, 1.54) is 10.8 Å². The predicted octanol–water partition coefficient (Wildman–Crippen LogP) is 5.29. The fourth-order valence-corrected chi connectivity index (χ4v) is 6.09. The summed E-state index contributed by atoms with van der Waals surface area (Å²) in [4.78, 5) is 4.17. The molecule has 0 spiro atoms. The van der Waals surface area contributed by atoms with Gasteiger partial charge in [-0.2, -0.15) is 5.26 Å². The molecule has 2 bridgehead atoms. The van der Waals surface area contributed by atoms with Crippen LogP contribution in [-0.2, 0) is 20.7 Å². The average Bonchev–Trinajstić information content (AvgIpc) is 3.46. The van der Waals surface area contributed by atoms with Gasteiger partial charge in [-0.05, 0) is 25.1 Å². The third-order valence-electron chi connectivity index (χ3n) is 7.61. The molecule has 0 radical (unpaired) electrons. The van der Waals surface area contributed by atoms with Crippen LogP contribution < -0.4 is 4.74 Å². The van der Waals surface area contributed by atoms with Crippen molar-refractivity contribution in [2.75, 3.05) is 13.7 Å². The Balaban J connectivity index is 1.46. The molecule has 6 rings (SSSR count). The summed E-state index contributed by atoms with van der Waals surface area (Å²) in [5.74, 6) is 0.204. The number of pyridine rings is 1. The number of hydrogen-bond acceptors (Lipinski definition) is 7. The van der Waals surface area contributed by atoms with Gasteiger partial charge in [0.2, 0.25) is 17.6 Å². The average molecular weight is 518 g/mol. The zero-order chi connectivity index (χ0) is 25.9. The number of halogens is 1. The van der Waals surface area contributed by atoms with Crippen molar-refractivity contribution in [3.8, 4) is 29.4 Å². The fourth-order valence-electron chi connectivity index (χ4n) is 5.98. The van der Waals surface area contributed by atoms with Crippen molar-refractivity contribution in [3.05, 3.63) is 76.4 Å². The van der Waals surface area contributed by atoms with Gasteiger partial charge in [-0.25, -0.2) is 4.98 Å². The minimum Gasteiger partial charge on any atom is -0.494 e. The molecule has 9 heteroatoms. The second kappa shape index (κ2) is 8.38. The molecule has 2 aromatic heterocycles. The van der Waals surface area contributed by atoms with Crippen molar-refractivity contribution in [2.45, 2.75) is 37.1 Å². The standard InChI is InChI=1S/C28H24ClN3O5/c1-27-21(35-2)13-28(37-27,11-12-36-22-10-8-17(29)15-31-22)24-23(27)25(33)32(26(24)34)20-9-7-16(14-30)18-5-3-4-6-19(18)20/h3-10,15,21,33-34H,11-13H2,1-2H3/t21-,27?,28?/m0/s1. The van der Waals surface area contributed by atoms with Crippen LogP contribution in [-0.4, -0.2) is 39.6 Å². The molecule has 37 heavy (non-hydrogen) atoms. The Kier molecular flexibility index (Phi) is 5.35. The van der Waals surface area contributed by atoms with Crippen LogP contribution in [0.15, 0.2) is 54.7 Å². The molecule has 4 heterocycles. The van der Waals surface area contributed by atoms with Gasteiger partial charge in [0.25, 0.3) is 0 Å². The normalized spacial score (nSPS) is 23.8. The number of rotatable bonds is 6. The second-order valence-corrected chi connectivity index (χ2v) is 10.0. The second-order valence-electron chi connectivity index (χ2n) is 9.57. The Hall–Kier alpha value is -3.77. The number of methoxy groups -OCH3 is 1. The Morgan fingerprint density at radius 3 is 2.59 bits per heavy atom. The largest absolute Gasteiger partial charge is 0.494 e. The third-order valence-corrected chi connectivity index (χ3v) is 7.84. The van der Waals surface area contributed by atoms with Gasteiger partial charge < -0.3 is 24.4 Å². The maximum atomic E-state index is 11.6. The van der Waals surface area contributed by atoms with Crippen molar-refractivity contribution in [1.29, 1.82) is 5.26 Å². The van der Waals surface area contributed by atoms with Crippen LogP contribution in [0.4, 0.5) is 0 Å². The van der Waals surface area contributed by atoms with E-state index in [4.69, 9.17) is 25.8 Å². The van der Waals surface area contributed by atoms with E-state index < -0.39 is 11.2 Å². The topological polar surface area (TPSA) is 110 Å². The molecule has 1 saturated heterocycles. The number of aromatic hydroxyl groups is 2. The molecule has 2 aliphatic rings. The van der Waals surface area contributed by atoms with E-state index in [9.17, 15) is 15.5 Å². The van der Waals surface area contributed by atoms with E-state index in [1.807, 2.05) is 31.2 Å². The molecule has 8 nitrogen and oxygen atoms in total. The number of benzene rings is 2. The molecule has 188 valence electrons. The first-order valence-electron chi connectivity index (χ1n) is 11.9. The van der Waals surface area contributed by atoms with Gasteiger partial charge in [-0.15, -0.1) is 0 Å². The van der Waals surface area contributed by atoms with Crippen LogP contribution >= 0.6 is 11.6 Å². The quantitative estimate of drug-likeness (QED) is 0.357. The van der Waals surface area contributed by atoms with Gasteiger partial charge in [0.05, 0.1) is 46.2 Å². The Morgan fingerprint density at radius 1 is 1.14 bits per heavy atom. The molecule has 0 amide bonds. The molecule has 0 saturated carbocycles. The highest BCUT2D eigenvalue weighted by atomic mass is 35.5. The molecule has 2 aromatic carbocycles. The lowest BCUT2D eigenvalue weighted by Gasteiger charge is -2.28. The van der Waals surface area contributed by atoms with Crippen LogP contribution in [0.25, 0.3) is 16.5 Å². The highest BCUT2D eigenvalue weighted by Crippen LogP contribution is 2.66. The molecule has 2 N–H and O–H groups in total. The molecule has 2 unspecified atom stereocenters. The molecular formula is C28H24ClN3O5. The Labute approximate surface area is 218 Å². The predicted molar refractivity (Wildman–Crippen MR) is 136 cm³/mol. The highest BCUT2D eigenvalue weighted by Gasteiger charge is 2.66. The van der Waals surface area contributed by atoms with Crippen LogP contribution in [0.1, 0.15) is 36.5 Å². The van der Waals surface area contributed by atoms with Crippen LogP contribution in [0, 0.1) is 11.3 Å². The van der Waals surface area contributed by atoms with Crippen LogP contribution in [0.3, 0.4) is 0 Å². The molecule has 0 aliphatic carbocycles. The summed E-state index contributed by atoms with van der Waals surface area (Å²) >= 11 is 5.92. The minimum atomic E-state index is -0.974. The molecule has 2 aliphatic heterocycles. The van der Waals surface area contributed by atoms with E-state index in [0.717, 1.165) is 10.8 Å². The lowest BCUT2D eigenvalue weighted by Crippen LogP contribution is -2.35. The number of nitrogens with zero attached hydrogens (tertiary/aromatic N) is 3. The van der Waals surface area contributed by atoms with Gasteiger partial charge in [0, 0.05) is 43.0 Å². The van der Waals surface area contributed by atoms with Crippen molar-refractivity contribution < 1.29 is 24.4 Å². The fraction of sp³-hybridized carbons (Fsp3) is 0.286. The Bertz CT molecular complexity index is 1580. The number of fused-ring (bicyclic) bond motifs is 6. The van der Waals surface area contributed by atoms with Gasteiger partial charge >= 0.3 is 0 Å². The van der Waals surface area contributed by atoms with Crippen LogP contribution in [0.5, 0.6) is 17.6 Å². The molecule has 1 fully saturated rings. The summed E-state index contributed by atoms with van der Waals surface area (Å²) in [6.07, 6.45) is 2.05. The zero-order valence-electron chi connectivity index (χ0n) is 20.2. The minimum absolute atomic E-state index is 0.106. The van der Waals surface area contributed by atoms with E-state index in [0.29, 0.717) is 46.1 Å². The third kappa shape index (κ3) is 3.32. The summed E-state index contributed by atoms with van der Waals surface area (Å²) in [6.45, 7) is 2.13. The zero-order valence-corrected chi connectivity index (χ0v) is 21.0. The van der Waals surface area contributed by atoms with Crippen molar-refractivity contribution in [1.82, 2.24) is 9.55 Å². The van der Waals surface area contributed by atoms with Gasteiger partial charge in [-0.1, -0.05) is 35.9 Å². The van der Waals surface area contributed by atoms with E-state index in [1.54, 1.807) is 31.4 Å². The van der Waals surface area contributed by atoms with Gasteiger partial charge in [0.15, 0.2) is 0 Å². The van der Waals surface area contributed by atoms with Gasteiger partial charge in [0.1, 0.15) is 11.2 Å². The summed E-state index contributed by atoms with van der Waals surface area (Å²) in [5, 5.41) is 34.7. The molecule has 4 aromatic rings. The summed E-state index contributed by atoms with van der Waals surface area (Å²) in [7, 11) is 1.61. The van der Waals surface area contributed by atoms with Crippen molar-refractivity contribution in [3.63, 3.8) is 0 Å². The Morgan fingerprint density at radius 2 is 1.89 bits per heavy atom. The van der Waals surface area contributed by atoms with E-state index in [2.05, 4.69) is 11.1 Å². The molecule has 3 atom stereocenters. The van der Waals surface area contributed by atoms with Crippen LogP contribution in [0.2, 0.25) is 5.02 Å². The summed E-state index contributed by atoms with van der Waals surface area (Å²) < 4.78 is 19.7. The first kappa shape index (κ1) is 23.6. The number of ether oxygens (including phenoxy) is 3. The van der Waals surface area contributed by atoms with E-state index >= 15 is 0 Å². The monoisotopic (exact) mass is 517 g/mol. The summed E-state index contributed by atoms with van der Waals surface area (Å²) in [6, 6.07) is 16.4. The van der Waals surface area contributed by atoms with E-state index in [-0.39, 0.29) is 24.5 Å². The van der Waals surface area contributed by atoms with Crippen molar-refractivity contribution >= 4 is 22.4 Å². The summed E-state index contributed by atoms with van der Waals surface area (Å²) in [5.41, 5.74) is 0.192. The molecular weight excluding hydrogens is 494 g/mol. The first-order valence-corrected chi connectivity index (χ1v) is 12.3. The number of aromatic nitrogens is 2. The van der Waals surface area contributed by atoms with Crippen molar-refractivity contribution in [2.24, 2.45) is 0 Å². The highest BCUT2D eigenvalue weighted by molar-refractivity contribution is 6.30. The van der Waals surface area contributed by atoms with Gasteiger partial charge in [-0.3, -0.25) is 4.57 Å². The smallest absolute Gasteiger partial charge is 0.213 e. The lowest BCUT2D eigenvalue weighted by molar-refractivity contribution is -0.112. The lowest BCUT2D eigenvalue weighted by atomic mass is 9.76. The SMILES string of the molecule is CO[C@H]1CC2(CCOc3ccc(Cl)cn3)OC1(C)c1c2c(O)n(-c2ccc(C#N)c3ccccc23)c1O. The maximum absolute atomic E-state index is 11.6. The number of nitriles is 1.